The zero-order chi connectivity index (χ0) is 12.3. The van der Waals surface area contributed by atoms with Gasteiger partial charge in [0, 0.05) is 6.61 Å². The molecule has 2 heterocycles. The second kappa shape index (κ2) is 5.14. The van der Waals surface area contributed by atoms with Crippen LogP contribution in [-0.4, -0.2) is 30.9 Å². The molecule has 0 aromatic carbocycles. The number of carbonyl (C=O) groups excluding carboxylic acids is 2. The summed E-state index contributed by atoms with van der Waals surface area (Å²) in [4.78, 5) is 23.3. The Bertz CT molecular complexity index is 399. The summed E-state index contributed by atoms with van der Waals surface area (Å²) < 4.78 is 10.2. The molecule has 0 unspecified atom stereocenters. The maximum Gasteiger partial charge on any atom is 0.249 e. The number of hydrogen-bond donors (Lipinski definition) is 1. The van der Waals surface area contributed by atoms with Crippen LogP contribution >= 0.6 is 0 Å². The Kier molecular flexibility index (Phi) is 3.58. The Morgan fingerprint density at radius 2 is 2.35 bits per heavy atom. The molecule has 1 amide bonds. The van der Waals surface area contributed by atoms with Gasteiger partial charge >= 0.3 is 0 Å². The van der Waals surface area contributed by atoms with Gasteiger partial charge in [-0.2, -0.15) is 0 Å². The lowest BCUT2D eigenvalue weighted by Crippen LogP contribution is -2.39. The van der Waals surface area contributed by atoms with E-state index >= 15 is 0 Å². The lowest BCUT2D eigenvalue weighted by Gasteiger charge is -2.13. The Balaban J connectivity index is 1.82. The van der Waals surface area contributed by atoms with Crippen molar-refractivity contribution in [1.82, 2.24) is 5.32 Å². The van der Waals surface area contributed by atoms with E-state index in [0.29, 0.717) is 6.61 Å². The van der Waals surface area contributed by atoms with E-state index in [2.05, 4.69) is 5.32 Å². The first-order valence-electron chi connectivity index (χ1n) is 5.64. The van der Waals surface area contributed by atoms with Crippen molar-refractivity contribution in [3.05, 3.63) is 24.2 Å². The minimum atomic E-state index is -0.431. The van der Waals surface area contributed by atoms with E-state index in [9.17, 15) is 9.59 Å². The molecule has 0 saturated carbocycles. The third-order valence-corrected chi connectivity index (χ3v) is 2.87. The molecule has 2 rings (SSSR count). The summed E-state index contributed by atoms with van der Waals surface area (Å²) in [7, 11) is 0. The largest absolute Gasteiger partial charge is 0.461 e. The third-order valence-electron chi connectivity index (χ3n) is 2.87. The van der Waals surface area contributed by atoms with Crippen molar-refractivity contribution in [3.63, 3.8) is 0 Å². The van der Waals surface area contributed by atoms with Crippen molar-refractivity contribution >= 4 is 11.7 Å². The minimum Gasteiger partial charge on any atom is -0.461 e. The van der Waals surface area contributed by atoms with Gasteiger partial charge in [-0.3, -0.25) is 9.59 Å². The number of ketones is 1. The van der Waals surface area contributed by atoms with Crippen LogP contribution in [0.2, 0.25) is 0 Å². The molecule has 5 nitrogen and oxygen atoms in total. The van der Waals surface area contributed by atoms with E-state index in [-0.39, 0.29) is 29.9 Å². The van der Waals surface area contributed by atoms with E-state index in [1.165, 1.54) is 6.26 Å². The first kappa shape index (κ1) is 11.9. The first-order valence-corrected chi connectivity index (χ1v) is 5.64. The predicted octanol–water partition coefficient (Wildman–Crippen LogP) is 1.00. The highest BCUT2D eigenvalue weighted by atomic mass is 16.5. The van der Waals surface area contributed by atoms with Crippen LogP contribution in [0.25, 0.3) is 0 Å². The number of rotatable bonds is 4. The monoisotopic (exact) mass is 237 g/mol. The van der Waals surface area contributed by atoms with Gasteiger partial charge in [0.05, 0.1) is 12.8 Å². The normalized spacial score (nSPS) is 23.6. The van der Waals surface area contributed by atoms with Crippen molar-refractivity contribution in [3.8, 4) is 0 Å². The number of Topliss-reactive ketones (excluding diaryl/α,β-unsaturated/α-hetero) is 1. The van der Waals surface area contributed by atoms with Gasteiger partial charge in [-0.25, -0.2) is 0 Å². The summed E-state index contributed by atoms with van der Waals surface area (Å²) in [5, 5.41) is 2.57. The molecule has 5 heteroatoms. The molecule has 1 aliphatic rings. The Morgan fingerprint density at radius 3 is 2.94 bits per heavy atom. The van der Waals surface area contributed by atoms with E-state index in [1.807, 2.05) is 6.92 Å². The van der Waals surface area contributed by atoms with Crippen LogP contribution in [0.3, 0.4) is 0 Å². The predicted molar refractivity (Wildman–Crippen MR) is 59.6 cm³/mol. The van der Waals surface area contributed by atoms with E-state index in [1.54, 1.807) is 12.1 Å². The summed E-state index contributed by atoms with van der Waals surface area (Å²) >= 11 is 0. The van der Waals surface area contributed by atoms with Gasteiger partial charge in [0.1, 0.15) is 6.10 Å². The molecule has 0 aliphatic carbocycles. The molecule has 1 saturated heterocycles. The Morgan fingerprint density at radius 1 is 1.53 bits per heavy atom. The SMILES string of the molecule is C[C@@H]1CCO[C@@H]1C(=O)NCC(=O)c1ccco1. The van der Waals surface area contributed by atoms with Crippen molar-refractivity contribution in [1.29, 1.82) is 0 Å². The van der Waals surface area contributed by atoms with Crippen molar-refractivity contribution < 1.29 is 18.7 Å². The van der Waals surface area contributed by atoms with Crippen LogP contribution in [0.15, 0.2) is 22.8 Å². The molecule has 2 atom stereocenters. The fourth-order valence-corrected chi connectivity index (χ4v) is 1.82. The Labute approximate surface area is 99.1 Å². The van der Waals surface area contributed by atoms with E-state index in [4.69, 9.17) is 9.15 Å². The average molecular weight is 237 g/mol. The third kappa shape index (κ3) is 2.74. The minimum absolute atomic E-state index is 0.0566. The van der Waals surface area contributed by atoms with Gasteiger partial charge in [0.2, 0.25) is 11.7 Å². The molecule has 92 valence electrons. The molecule has 0 bridgehead atoms. The number of carbonyl (C=O) groups is 2. The molecule has 0 spiro atoms. The van der Waals surface area contributed by atoms with Gasteiger partial charge in [-0.1, -0.05) is 6.92 Å². The molecule has 1 fully saturated rings. The molecule has 0 radical (unpaired) electrons. The van der Waals surface area contributed by atoms with E-state index < -0.39 is 6.10 Å². The zero-order valence-corrected chi connectivity index (χ0v) is 9.64. The average Bonchev–Trinajstić information content (AvgIpc) is 2.95. The number of amides is 1. The zero-order valence-electron chi connectivity index (χ0n) is 9.64. The van der Waals surface area contributed by atoms with Crippen LogP contribution in [0.1, 0.15) is 23.9 Å². The molecular formula is C12H15NO4. The Hall–Kier alpha value is -1.62. The van der Waals surface area contributed by atoms with Gasteiger partial charge in [-0.15, -0.1) is 0 Å². The number of nitrogens with one attached hydrogen (secondary N) is 1. The van der Waals surface area contributed by atoms with Crippen LogP contribution in [0, 0.1) is 5.92 Å². The number of furan rings is 1. The highest BCUT2D eigenvalue weighted by Crippen LogP contribution is 2.19. The van der Waals surface area contributed by atoms with Gasteiger partial charge in [0.25, 0.3) is 0 Å². The van der Waals surface area contributed by atoms with Crippen LogP contribution in [0.4, 0.5) is 0 Å². The van der Waals surface area contributed by atoms with Gasteiger partial charge in [-0.05, 0) is 24.5 Å². The van der Waals surface area contributed by atoms with Crippen LogP contribution in [0.5, 0.6) is 0 Å². The highest BCUT2D eigenvalue weighted by molar-refractivity contribution is 5.97. The topological polar surface area (TPSA) is 68.5 Å². The maximum atomic E-state index is 11.7. The molecule has 1 aliphatic heterocycles. The fraction of sp³-hybridized carbons (Fsp3) is 0.500. The van der Waals surface area contributed by atoms with Crippen LogP contribution in [-0.2, 0) is 9.53 Å². The summed E-state index contributed by atoms with van der Waals surface area (Å²) in [6, 6.07) is 3.21. The standard InChI is InChI=1S/C12H15NO4/c1-8-4-6-17-11(8)12(15)13-7-9(14)10-3-2-5-16-10/h2-3,5,8,11H,4,6-7H2,1H3,(H,13,15)/t8-,11+/m1/s1. The lowest BCUT2D eigenvalue weighted by atomic mass is 10.0. The summed E-state index contributed by atoms with van der Waals surface area (Å²) in [6.45, 7) is 2.51. The second-order valence-electron chi connectivity index (χ2n) is 4.18. The quantitative estimate of drug-likeness (QED) is 0.793. The lowest BCUT2D eigenvalue weighted by molar-refractivity contribution is -0.131. The summed E-state index contributed by atoms with van der Waals surface area (Å²) in [6.07, 6.45) is 1.88. The summed E-state index contributed by atoms with van der Waals surface area (Å²) in [5.74, 6) is -0.0108. The molecule has 1 aromatic rings. The highest BCUT2D eigenvalue weighted by Gasteiger charge is 2.30. The second-order valence-corrected chi connectivity index (χ2v) is 4.18. The molecular weight excluding hydrogens is 222 g/mol. The van der Waals surface area contributed by atoms with Gasteiger partial charge in [0.15, 0.2) is 5.76 Å². The molecule has 1 N–H and O–H groups in total. The maximum absolute atomic E-state index is 11.7. The summed E-state index contributed by atoms with van der Waals surface area (Å²) in [5.41, 5.74) is 0. The molecule has 17 heavy (non-hydrogen) atoms. The number of ether oxygens (including phenoxy) is 1. The smallest absolute Gasteiger partial charge is 0.249 e. The fourth-order valence-electron chi connectivity index (χ4n) is 1.82. The van der Waals surface area contributed by atoms with E-state index in [0.717, 1.165) is 6.42 Å². The van der Waals surface area contributed by atoms with Gasteiger partial charge < -0.3 is 14.5 Å². The van der Waals surface area contributed by atoms with Crippen LogP contribution < -0.4 is 5.32 Å². The van der Waals surface area contributed by atoms with Crippen molar-refractivity contribution in [2.75, 3.05) is 13.2 Å². The first-order chi connectivity index (χ1) is 8.18. The molecule has 1 aromatic heterocycles. The van der Waals surface area contributed by atoms with Crippen molar-refractivity contribution in [2.45, 2.75) is 19.4 Å². The number of hydrogen-bond acceptors (Lipinski definition) is 4. The van der Waals surface area contributed by atoms with Crippen molar-refractivity contribution in [2.24, 2.45) is 5.92 Å².